The average Bonchev–Trinajstić information content (AvgIpc) is 2.44. The summed E-state index contributed by atoms with van der Waals surface area (Å²) < 4.78 is 5.64. The number of anilines is 1. The van der Waals surface area contributed by atoms with Crippen molar-refractivity contribution in [2.24, 2.45) is 0 Å². The number of carbonyl (C=O) groups is 1. The van der Waals surface area contributed by atoms with Crippen molar-refractivity contribution >= 4 is 11.6 Å². The third kappa shape index (κ3) is 3.97. The van der Waals surface area contributed by atoms with E-state index in [1.54, 1.807) is 0 Å². The predicted octanol–water partition coefficient (Wildman–Crippen LogP) is 2.30. The van der Waals surface area contributed by atoms with Crippen LogP contribution in [0, 0.1) is 0 Å². The van der Waals surface area contributed by atoms with E-state index in [0.29, 0.717) is 19.6 Å². The Balaban J connectivity index is 1.84. The smallest absolute Gasteiger partial charge is 0.242 e. The molecule has 1 aromatic rings. The second kappa shape index (κ2) is 6.75. The zero-order valence-corrected chi connectivity index (χ0v) is 12.6. The van der Waals surface area contributed by atoms with Gasteiger partial charge in [0.1, 0.15) is 0 Å². The number of aryl methyl sites for hydroxylation is 1. The van der Waals surface area contributed by atoms with Gasteiger partial charge >= 0.3 is 0 Å². The van der Waals surface area contributed by atoms with Gasteiger partial charge in [0.2, 0.25) is 5.91 Å². The van der Waals surface area contributed by atoms with Crippen LogP contribution in [0.4, 0.5) is 5.69 Å². The Morgan fingerprint density at radius 1 is 1.25 bits per heavy atom. The maximum absolute atomic E-state index is 12.2. The Kier molecular flexibility index (Phi) is 5.01. The lowest BCUT2D eigenvalue weighted by Crippen LogP contribution is -2.49. The molecule has 0 bridgehead atoms. The first kappa shape index (κ1) is 14.9. The number of hydrogen-bond donors (Lipinski definition) is 1. The summed E-state index contributed by atoms with van der Waals surface area (Å²) in [5, 5.41) is 3.19. The molecule has 1 aliphatic rings. The Bertz CT molecular complexity index is 434. The van der Waals surface area contributed by atoms with Gasteiger partial charge in [0.25, 0.3) is 0 Å². The fourth-order valence-corrected chi connectivity index (χ4v) is 2.53. The lowest BCUT2D eigenvalue weighted by atomic mass is 10.1. The molecule has 2 rings (SSSR count). The molecule has 1 amide bonds. The van der Waals surface area contributed by atoms with Gasteiger partial charge in [0.15, 0.2) is 0 Å². The predicted molar refractivity (Wildman–Crippen MR) is 80.9 cm³/mol. The van der Waals surface area contributed by atoms with Crippen LogP contribution in [0.2, 0.25) is 0 Å². The number of hydrogen-bond acceptors (Lipinski definition) is 3. The van der Waals surface area contributed by atoms with E-state index in [2.05, 4.69) is 24.4 Å². The normalized spacial score (nSPS) is 22.6. The minimum absolute atomic E-state index is 0.117. The number of amides is 1. The van der Waals surface area contributed by atoms with Crippen LogP contribution in [0.1, 0.15) is 26.3 Å². The maximum Gasteiger partial charge on any atom is 0.242 e. The highest BCUT2D eigenvalue weighted by Crippen LogP contribution is 2.12. The van der Waals surface area contributed by atoms with Crippen molar-refractivity contribution in [2.75, 3.05) is 25.0 Å². The van der Waals surface area contributed by atoms with E-state index in [1.165, 1.54) is 5.56 Å². The first-order chi connectivity index (χ1) is 9.58. The van der Waals surface area contributed by atoms with Gasteiger partial charge in [-0.3, -0.25) is 4.79 Å². The van der Waals surface area contributed by atoms with Crippen molar-refractivity contribution in [2.45, 2.75) is 39.4 Å². The molecule has 1 N–H and O–H groups in total. The summed E-state index contributed by atoms with van der Waals surface area (Å²) in [7, 11) is 0. The van der Waals surface area contributed by atoms with Crippen molar-refractivity contribution in [1.82, 2.24) is 4.90 Å². The molecule has 0 aliphatic carbocycles. The summed E-state index contributed by atoms with van der Waals surface area (Å²) in [6.45, 7) is 7.84. The minimum Gasteiger partial charge on any atom is -0.376 e. The molecular formula is C16H24N2O2. The summed E-state index contributed by atoms with van der Waals surface area (Å²) in [5.41, 5.74) is 2.29. The van der Waals surface area contributed by atoms with Crippen LogP contribution in [-0.2, 0) is 16.0 Å². The van der Waals surface area contributed by atoms with Crippen LogP contribution in [-0.4, -0.2) is 42.6 Å². The van der Waals surface area contributed by atoms with Gasteiger partial charge in [0, 0.05) is 18.8 Å². The quantitative estimate of drug-likeness (QED) is 0.917. The second-order valence-corrected chi connectivity index (χ2v) is 5.46. The number of nitrogens with zero attached hydrogens (tertiary/aromatic N) is 1. The van der Waals surface area contributed by atoms with Gasteiger partial charge in [-0.05, 0) is 38.0 Å². The molecule has 1 aromatic carbocycles. The molecule has 1 heterocycles. The van der Waals surface area contributed by atoms with Crippen LogP contribution in [0.5, 0.6) is 0 Å². The number of nitrogens with one attached hydrogen (secondary N) is 1. The van der Waals surface area contributed by atoms with Crippen LogP contribution in [0.25, 0.3) is 0 Å². The number of ether oxygens (including phenoxy) is 1. The van der Waals surface area contributed by atoms with E-state index in [0.717, 1.165) is 12.1 Å². The van der Waals surface area contributed by atoms with Gasteiger partial charge in [-0.15, -0.1) is 0 Å². The summed E-state index contributed by atoms with van der Waals surface area (Å²) in [4.78, 5) is 14.1. The van der Waals surface area contributed by atoms with Crippen molar-refractivity contribution in [3.8, 4) is 0 Å². The molecule has 1 aliphatic heterocycles. The number of rotatable bonds is 4. The lowest BCUT2D eigenvalue weighted by Gasteiger charge is -2.35. The van der Waals surface area contributed by atoms with E-state index in [-0.39, 0.29) is 18.1 Å². The van der Waals surface area contributed by atoms with Gasteiger partial charge in [-0.1, -0.05) is 19.1 Å². The van der Waals surface area contributed by atoms with Crippen LogP contribution < -0.4 is 5.32 Å². The zero-order valence-electron chi connectivity index (χ0n) is 12.6. The molecule has 4 nitrogen and oxygen atoms in total. The Morgan fingerprint density at radius 2 is 1.85 bits per heavy atom. The van der Waals surface area contributed by atoms with Crippen molar-refractivity contribution in [3.05, 3.63) is 29.8 Å². The monoisotopic (exact) mass is 276 g/mol. The summed E-state index contributed by atoms with van der Waals surface area (Å²) in [6.07, 6.45) is 1.26. The Labute approximate surface area is 121 Å². The second-order valence-electron chi connectivity index (χ2n) is 5.46. The number of carbonyl (C=O) groups excluding carboxylic acids is 1. The summed E-state index contributed by atoms with van der Waals surface area (Å²) >= 11 is 0. The van der Waals surface area contributed by atoms with Gasteiger partial charge in [-0.25, -0.2) is 0 Å². The highest BCUT2D eigenvalue weighted by Gasteiger charge is 2.25. The fourth-order valence-electron chi connectivity index (χ4n) is 2.53. The van der Waals surface area contributed by atoms with Crippen molar-refractivity contribution in [3.63, 3.8) is 0 Å². The molecule has 20 heavy (non-hydrogen) atoms. The molecule has 4 heteroatoms. The summed E-state index contributed by atoms with van der Waals surface area (Å²) in [5.74, 6) is 0.131. The largest absolute Gasteiger partial charge is 0.376 e. The van der Waals surface area contributed by atoms with Crippen LogP contribution in [0.15, 0.2) is 24.3 Å². The van der Waals surface area contributed by atoms with E-state index in [9.17, 15) is 4.79 Å². The van der Waals surface area contributed by atoms with E-state index in [4.69, 9.17) is 4.74 Å². The highest BCUT2D eigenvalue weighted by molar-refractivity contribution is 5.81. The molecule has 1 fully saturated rings. The van der Waals surface area contributed by atoms with E-state index >= 15 is 0 Å². The number of morpholine rings is 1. The first-order valence-corrected chi connectivity index (χ1v) is 7.34. The third-order valence-electron chi connectivity index (χ3n) is 3.58. The summed E-state index contributed by atoms with van der Waals surface area (Å²) in [6, 6.07) is 8.23. The van der Waals surface area contributed by atoms with Gasteiger partial charge in [0.05, 0.1) is 18.8 Å². The topological polar surface area (TPSA) is 41.6 Å². The molecule has 2 atom stereocenters. The Hall–Kier alpha value is -1.55. The van der Waals surface area contributed by atoms with E-state index in [1.807, 2.05) is 30.9 Å². The van der Waals surface area contributed by atoms with Crippen LogP contribution >= 0.6 is 0 Å². The van der Waals surface area contributed by atoms with Crippen LogP contribution in [0.3, 0.4) is 0 Å². The number of benzene rings is 1. The van der Waals surface area contributed by atoms with Gasteiger partial charge in [-0.2, -0.15) is 0 Å². The van der Waals surface area contributed by atoms with Crippen molar-refractivity contribution in [1.29, 1.82) is 0 Å². The third-order valence-corrected chi connectivity index (χ3v) is 3.58. The first-order valence-electron chi connectivity index (χ1n) is 7.34. The maximum atomic E-state index is 12.2. The molecule has 110 valence electrons. The molecule has 2 unspecified atom stereocenters. The minimum atomic E-state index is 0.117. The molecule has 0 aromatic heterocycles. The van der Waals surface area contributed by atoms with Crippen molar-refractivity contribution < 1.29 is 9.53 Å². The highest BCUT2D eigenvalue weighted by atomic mass is 16.5. The van der Waals surface area contributed by atoms with E-state index < -0.39 is 0 Å². The SMILES string of the molecule is CCc1ccc(NCC(=O)N2CC(C)OC(C)C2)cc1. The fraction of sp³-hybridized carbons (Fsp3) is 0.562. The molecule has 0 radical (unpaired) electrons. The van der Waals surface area contributed by atoms with Gasteiger partial charge < -0.3 is 15.0 Å². The molecule has 0 saturated carbocycles. The molecular weight excluding hydrogens is 252 g/mol. The Morgan fingerprint density at radius 3 is 2.40 bits per heavy atom. The standard InChI is InChI=1S/C16H24N2O2/c1-4-14-5-7-15(8-6-14)17-9-16(19)18-10-12(2)20-13(3)11-18/h5-8,12-13,17H,4,9-11H2,1-3H3. The molecule has 0 spiro atoms. The zero-order chi connectivity index (χ0) is 14.5. The lowest BCUT2D eigenvalue weighted by molar-refractivity contribution is -0.141. The average molecular weight is 276 g/mol. The molecule has 1 saturated heterocycles.